The van der Waals surface area contributed by atoms with Crippen molar-refractivity contribution >= 4 is 11.8 Å². The van der Waals surface area contributed by atoms with Gasteiger partial charge in [-0.2, -0.15) is 0 Å². The molecule has 36 heavy (non-hydrogen) atoms. The standard InChI is InChI=1S/C13H27NO.C12H25NO2.3C2H6/c1-5-12(6-2)9-10-14-13(15)8-7-11(3)4;1-5-12(6-2,7-8-14)11(15)13-9-10(3)4;3*1-2/h11-12H,5-10H2,1-4H3,(H,14,15);10,14H,5-9H2,1-4H3,(H,13,15);3*1-2H3. The van der Waals surface area contributed by atoms with Gasteiger partial charge in [0.05, 0.1) is 5.41 Å². The van der Waals surface area contributed by atoms with Crippen molar-refractivity contribution in [1.29, 1.82) is 0 Å². The molecule has 0 saturated heterocycles. The average Bonchev–Trinajstić information content (AvgIpc) is 2.91. The Kier molecular flexibility index (Phi) is 42.2. The molecule has 0 aromatic heterocycles. The Balaban J connectivity index is -0.000000147. The molecule has 3 N–H and O–H groups in total. The Morgan fingerprint density at radius 1 is 0.750 bits per heavy atom. The molecule has 2 amide bonds. The molecule has 0 radical (unpaired) electrons. The van der Waals surface area contributed by atoms with E-state index in [0.29, 0.717) is 31.2 Å². The van der Waals surface area contributed by atoms with Crippen molar-refractivity contribution in [2.24, 2.45) is 23.2 Å². The molecule has 5 heteroatoms. The van der Waals surface area contributed by atoms with Crippen LogP contribution in [0.5, 0.6) is 0 Å². The van der Waals surface area contributed by atoms with Gasteiger partial charge in [0.1, 0.15) is 0 Å². The van der Waals surface area contributed by atoms with Gasteiger partial charge in [-0.1, -0.05) is 110 Å². The van der Waals surface area contributed by atoms with Crippen LogP contribution in [0.15, 0.2) is 0 Å². The lowest BCUT2D eigenvalue weighted by Gasteiger charge is -2.29. The van der Waals surface area contributed by atoms with E-state index in [4.69, 9.17) is 5.11 Å². The zero-order chi connectivity index (χ0) is 29.6. The van der Waals surface area contributed by atoms with Crippen LogP contribution in [0, 0.1) is 23.2 Å². The predicted molar refractivity (Wildman–Crippen MR) is 162 cm³/mol. The molecule has 0 aliphatic rings. The summed E-state index contributed by atoms with van der Waals surface area (Å²) in [6, 6.07) is 0. The summed E-state index contributed by atoms with van der Waals surface area (Å²) in [5, 5.41) is 15.0. The molecule has 0 aliphatic heterocycles. The molecular weight excluding hydrogens is 448 g/mol. The second-order valence-electron chi connectivity index (χ2n) is 9.32. The van der Waals surface area contributed by atoms with Gasteiger partial charge in [-0.15, -0.1) is 0 Å². The van der Waals surface area contributed by atoms with Gasteiger partial charge < -0.3 is 15.7 Å². The highest BCUT2D eigenvalue weighted by atomic mass is 16.3. The van der Waals surface area contributed by atoms with E-state index < -0.39 is 0 Å². The first-order chi connectivity index (χ1) is 17.1. The Labute approximate surface area is 228 Å². The molecule has 0 aliphatic carbocycles. The smallest absolute Gasteiger partial charge is 0.226 e. The summed E-state index contributed by atoms with van der Waals surface area (Å²) < 4.78 is 0. The maximum atomic E-state index is 12.0. The van der Waals surface area contributed by atoms with Gasteiger partial charge in [0.15, 0.2) is 0 Å². The first kappa shape index (κ1) is 44.9. The van der Waals surface area contributed by atoms with Crippen LogP contribution in [-0.4, -0.2) is 36.6 Å². The molecule has 0 aromatic carbocycles. The number of hydrogen-bond acceptors (Lipinski definition) is 3. The fourth-order valence-electron chi connectivity index (χ4n) is 3.36. The number of hydrogen-bond donors (Lipinski definition) is 3. The van der Waals surface area contributed by atoms with E-state index in [-0.39, 0.29) is 23.8 Å². The number of rotatable bonds is 15. The zero-order valence-corrected chi connectivity index (χ0v) is 27.3. The van der Waals surface area contributed by atoms with Crippen molar-refractivity contribution in [3.05, 3.63) is 0 Å². The minimum absolute atomic E-state index is 0.0801. The molecule has 0 aromatic rings. The molecule has 0 spiro atoms. The van der Waals surface area contributed by atoms with Crippen LogP contribution in [0.1, 0.15) is 148 Å². The van der Waals surface area contributed by atoms with Crippen LogP contribution in [0.2, 0.25) is 0 Å². The second-order valence-corrected chi connectivity index (χ2v) is 9.32. The lowest BCUT2D eigenvalue weighted by atomic mass is 9.78. The van der Waals surface area contributed by atoms with Crippen molar-refractivity contribution in [3.8, 4) is 0 Å². The summed E-state index contributed by atoms with van der Waals surface area (Å²) in [7, 11) is 0. The highest BCUT2D eigenvalue weighted by Gasteiger charge is 2.33. The number of carbonyl (C=O) groups excluding carboxylic acids is 2. The van der Waals surface area contributed by atoms with Gasteiger partial charge in [-0.05, 0) is 49.9 Å². The summed E-state index contributed by atoms with van der Waals surface area (Å²) in [5.74, 6) is 2.17. The SMILES string of the molecule is CC.CC.CC.CCC(CC)(CCO)C(=O)NCC(C)C.CCC(CC)CCNC(=O)CCC(C)C. The van der Waals surface area contributed by atoms with Crippen LogP contribution in [0.3, 0.4) is 0 Å². The third-order valence-corrected chi connectivity index (χ3v) is 6.07. The van der Waals surface area contributed by atoms with Crippen molar-refractivity contribution < 1.29 is 14.7 Å². The molecular formula is C31H70N2O3. The second kappa shape index (κ2) is 33.9. The van der Waals surface area contributed by atoms with Crippen molar-refractivity contribution in [3.63, 3.8) is 0 Å². The lowest BCUT2D eigenvalue weighted by Crippen LogP contribution is -2.42. The molecule has 0 unspecified atom stereocenters. The average molecular weight is 519 g/mol. The molecule has 0 heterocycles. The first-order valence-corrected chi connectivity index (χ1v) is 15.3. The molecule has 0 fully saturated rings. The Morgan fingerprint density at radius 3 is 1.56 bits per heavy atom. The third-order valence-electron chi connectivity index (χ3n) is 6.07. The van der Waals surface area contributed by atoms with E-state index in [0.717, 1.165) is 38.1 Å². The molecule has 222 valence electrons. The van der Waals surface area contributed by atoms with Gasteiger partial charge in [0.2, 0.25) is 11.8 Å². The van der Waals surface area contributed by atoms with E-state index >= 15 is 0 Å². The number of amides is 2. The van der Waals surface area contributed by atoms with Gasteiger partial charge in [0, 0.05) is 26.1 Å². The summed E-state index contributed by atoms with van der Waals surface area (Å²) in [6.07, 6.45) is 7.38. The fourth-order valence-corrected chi connectivity index (χ4v) is 3.36. The van der Waals surface area contributed by atoms with Crippen LogP contribution in [0.4, 0.5) is 0 Å². The van der Waals surface area contributed by atoms with Crippen molar-refractivity contribution in [1.82, 2.24) is 10.6 Å². The van der Waals surface area contributed by atoms with Crippen LogP contribution >= 0.6 is 0 Å². The quantitative estimate of drug-likeness (QED) is 0.204. The number of carbonyl (C=O) groups is 2. The highest BCUT2D eigenvalue weighted by Crippen LogP contribution is 2.30. The Bertz CT molecular complexity index is 430. The van der Waals surface area contributed by atoms with E-state index in [1.807, 2.05) is 55.4 Å². The highest BCUT2D eigenvalue weighted by molar-refractivity contribution is 5.82. The van der Waals surface area contributed by atoms with Gasteiger partial charge >= 0.3 is 0 Å². The minimum atomic E-state index is -0.371. The Morgan fingerprint density at radius 2 is 1.22 bits per heavy atom. The van der Waals surface area contributed by atoms with E-state index in [1.165, 1.54) is 12.8 Å². The number of aliphatic hydroxyl groups is 1. The monoisotopic (exact) mass is 519 g/mol. The van der Waals surface area contributed by atoms with E-state index in [2.05, 4.69) is 52.2 Å². The zero-order valence-electron chi connectivity index (χ0n) is 27.3. The van der Waals surface area contributed by atoms with E-state index in [1.54, 1.807) is 0 Å². The minimum Gasteiger partial charge on any atom is -0.396 e. The molecule has 0 atom stereocenters. The molecule has 0 rings (SSSR count). The van der Waals surface area contributed by atoms with Crippen LogP contribution in [-0.2, 0) is 9.59 Å². The topological polar surface area (TPSA) is 78.4 Å². The summed E-state index contributed by atoms with van der Waals surface area (Å²) in [5.41, 5.74) is -0.371. The summed E-state index contributed by atoms with van der Waals surface area (Å²) >= 11 is 0. The summed E-state index contributed by atoms with van der Waals surface area (Å²) in [6.45, 7) is 30.5. The lowest BCUT2D eigenvalue weighted by molar-refractivity contribution is -0.132. The van der Waals surface area contributed by atoms with Crippen molar-refractivity contribution in [2.45, 2.75) is 148 Å². The fraction of sp³-hybridized carbons (Fsp3) is 0.935. The number of aliphatic hydroxyl groups excluding tert-OH is 1. The number of nitrogens with one attached hydrogen (secondary N) is 2. The maximum absolute atomic E-state index is 12.0. The van der Waals surface area contributed by atoms with Gasteiger partial charge in [-0.3, -0.25) is 9.59 Å². The molecule has 0 saturated carbocycles. The van der Waals surface area contributed by atoms with Gasteiger partial charge in [-0.25, -0.2) is 0 Å². The molecule has 0 bridgehead atoms. The van der Waals surface area contributed by atoms with Crippen molar-refractivity contribution in [2.75, 3.05) is 19.7 Å². The maximum Gasteiger partial charge on any atom is 0.226 e. The largest absolute Gasteiger partial charge is 0.396 e. The molecule has 5 nitrogen and oxygen atoms in total. The normalized spacial score (nSPS) is 10.1. The summed E-state index contributed by atoms with van der Waals surface area (Å²) in [4.78, 5) is 23.4. The van der Waals surface area contributed by atoms with Crippen LogP contribution < -0.4 is 10.6 Å². The van der Waals surface area contributed by atoms with Crippen LogP contribution in [0.25, 0.3) is 0 Å². The third kappa shape index (κ3) is 27.5. The first-order valence-electron chi connectivity index (χ1n) is 15.3. The van der Waals surface area contributed by atoms with Gasteiger partial charge in [0.25, 0.3) is 0 Å². The predicted octanol–water partition coefficient (Wildman–Crippen LogP) is 8.39. The van der Waals surface area contributed by atoms with E-state index in [9.17, 15) is 9.59 Å². The Hall–Kier alpha value is -1.10.